The summed E-state index contributed by atoms with van der Waals surface area (Å²) in [7, 11) is 0. The number of nitrogens with zero attached hydrogens (tertiary/aromatic N) is 1. The summed E-state index contributed by atoms with van der Waals surface area (Å²) >= 11 is 0. The van der Waals surface area contributed by atoms with Crippen LogP contribution in [0.3, 0.4) is 0 Å². The highest BCUT2D eigenvalue weighted by molar-refractivity contribution is 5.81. The minimum atomic E-state index is -0.884. The second-order valence-corrected chi connectivity index (χ2v) is 10.0. The number of carboxylic acid groups (broad SMARTS) is 1. The number of amides is 2. The molecule has 1 saturated carbocycles. The van der Waals surface area contributed by atoms with Crippen molar-refractivity contribution in [3.63, 3.8) is 0 Å². The molecule has 7 heteroatoms. The van der Waals surface area contributed by atoms with Gasteiger partial charge in [-0.25, -0.2) is 4.79 Å². The number of rotatable bonds is 9. The number of fused-ring (bicyclic) bond motifs is 3. The average molecular weight is 477 g/mol. The largest absolute Gasteiger partial charge is 0.481 e. The first-order valence-corrected chi connectivity index (χ1v) is 12.6. The van der Waals surface area contributed by atoms with Crippen molar-refractivity contribution in [2.24, 2.45) is 11.8 Å². The highest BCUT2D eigenvalue weighted by Crippen LogP contribution is 2.44. The number of hydrogen-bond acceptors (Lipinski definition) is 4. The molecular formula is C28H32N2O5. The van der Waals surface area contributed by atoms with Gasteiger partial charge in [0.15, 0.2) is 0 Å². The van der Waals surface area contributed by atoms with Crippen molar-refractivity contribution < 1.29 is 24.2 Å². The molecule has 0 spiro atoms. The molecule has 3 aliphatic rings. The van der Waals surface area contributed by atoms with E-state index in [9.17, 15) is 19.5 Å². The highest BCUT2D eigenvalue weighted by Gasteiger charge is 2.37. The molecular weight excluding hydrogens is 444 g/mol. The number of carbonyl (C=O) groups excluding carboxylic acids is 2. The maximum Gasteiger partial charge on any atom is 0.407 e. The van der Waals surface area contributed by atoms with Crippen LogP contribution in [0.4, 0.5) is 4.79 Å². The summed E-state index contributed by atoms with van der Waals surface area (Å²) in [5.74, 6) is -0.783. The van der Waals surface area contributed by atoms with Gasteiger partial charge in [0.05, 0.1) is 12.3 Å². The van der Waals surface area contributed by atoms with Gasteiger partial charge in [-0.15, -0.1) is 0 Å². The Hall–Kier alpha value is -3.35. The first-order chi connectivity index (χ1) is 17.0. The topological polar surface area (TPSA) is 95.9 Å². The van der Waals surface area contributed by atoms with Crippen molar-refractivity contribution in [1.29, 1.82) is 0 Å². The van der Waals surface area contributed by atoms with Gasteiger partial charge in [0.2, 0.25) is 5.91 Å². The zero-order valence-corrected chi connectivity index (χ0v) is 19.8. The van der Waals surface area contributed by atoms with E-state index in [-0.39, 0.29) is 43.4 Å². The van der Waals surface area contributed by atoms with Crippen molar-refractivity contribution in [1.82, 2.24) is 10.2 Å². The first-order valence-electron chi connectivity index (χ1n) is 12.6. The summed E-state index contributed by atoms with van der Waals surface area (Å²) in [6, 6.07) is 16.1. The van der Waals surface area contributed by atoms with Crippen LogP contribution in [-0.4, -0.2) is 53.7 Å². The van der Waals surface area contributed by atoms with Crippen LogP contribution in [0, 0.1) is 11.8 Å². The van der Waals surface area contributed by atoms with Crippen molar-refractivity contribution in [3.05, 3.63) is 59.7 Å². The minimum absolute atomic E-state index is 0.0154. The maximum atomic E-state index is 13.3. The second-order valence-electron chi connectivity index (χ2n) is 10.0. The van der Waals surface area contributed by atoms with Crippen molar-refractivity contribution >= 4 is 18.0 Å². The molecule has 2 aromatic rings. The average Bonchev–Trinajstić information content (AvgIpc) is 3.47. The van der Waals surface area contributed by atoms with Crippen molar-refractivity contribution in [2.45, 2.75) is 50.5 Å². The number of benzene rings is 2. The molecule has 2 aromatic carbocycles. The Kier molecular flexibility index (Phi) is 6.75. The Morgan fingerprint density at radius 2 is 1.66 bits per heavy atom. The molecule has 1 unspecified atom stereocenters. The Bertz CT molecular complexity index is 1070. The summed E-state index contributed by atoms with van der Waals surface area (Å²) in [6.45, 7) is 1.03. The van der Waals surface area contributed by atoms with E-state index in [1.807, 2.05) is 24.3 Å². The second kappa shape index (κ2) is 10.1. The fourth-order valence-corrected chi connectivity index (χ4v) is 5.66. The van der Waals surface area contributed by atoms with Crippen molar-refractivity contribution in [3.8, 4) is 11.1 Å². The number of aliphatic carboxylic acids is 1. The van der Waals surface area contributed by atoms with Crippen LogP contribution in [0.2, 0.25) is 0 Å². The Balaban J connectivity index is 1.19. The highest BCUT2D eigenvalue weighted by atomic mass is 16.5. The summed E-state index contributed by atoms with van der Waals surface area (Å²) in [4.78, 5) is 38.9. The number of hydrogen-bond donors (Lipinski definition) is 2. The smallest absolute Gasteiger partial charge is 0.407 e. The fraction of sp³-hybridized carbons (Fsp3) is 0.464. The molecule has 1 heterocycles. The monoisotopic (exact) mass is 476 g/mol. The molecule has 1 aliphatic heterocycles. The number of likely N-dealkylation sites (tertiary alicyclic amines) is 1. The third kappa shape index (κ3) is 5.19. The SMILES string of the molecule is O=C(O)C[C@@H]1CCCN1C(=O)C(CNC(=O)OCC1c2ccccc2-c2ccccc21)CC1CC1. The van der Waals surface area contributed by atoms with Crippen LogP contribution in [-0.2, 0) is 14.3 Å². The van der Waals surface area contributed by atoms with Crippen LogP contribution in [0.5, 0.6) is 0 Å². The molecule has 5 rings (SSSR count). The van der Waals surface area contributed by atoms with E-state index in [0.717, 1.165) is 36.8 Å². The van der Waals surface area contributed by atoms with Crippen LogP contribution < -0.4 is 5.32 Å². The molecule has 2 atom stereocenters. The predicted molar refractivity (Wildman–Crippen MR) is 131 cm³/mol. The Labute approximate surface area is 205 Å². The molecule has 2 N–H and O–H groups in total. The van der Waals surface area contributed by atoms with Crippen LogP contribution in [0.1, 0.15) is 55.6 Å². The zero-order valence-electron chi connectivity index (χ0n) is 19.8. The van der Waals surface area contributed by atoms with E-state index in [1.54, 1.807) is 4.90 Å². The lowest BCUT2D eigenvalue weighted by atomic mass is 9.98. The van der Waals surface area contributed by atoms with Gasteiger partial charge in [-0.3, -0.25) is 9.59 Å². The molecule has 2 amide bonds. The van der Waals surface area contributed by atoms with E-state index in [0.29, 0.717) is 18.9 Å². The van der Waals surface area contributed by atoms with Crippen molar-refractivity contribution in [2.75, 3.05) is 19.7 Å². The normalized spacial score (nSPS) is 19.7. The van der Waals surface area contributed by atoms with Gasteiger partial charge in [-0.2, -0.15) is 0 Å². The Morgan fingerprint density at radius 1 is 1.00 bits per heavy atom. The molecule has 184 valence electrons. The van der Waals surface area contributed by atoms with E-state index in [1.165, 1.54) is 11.1 Å². The van der Waals surface area contributed by atoms with Crippen LogP contribution in [0.25, 0.3) is 11.1 Å². The number of carboxylic acids is 1. The molecule has 0 aromatic heterocycles. The lowest BCUT2D eigenvalue weighted by molar-refractivity contribution is -0.141. The molecule has 0 radical (unpaired) electrons. The molecule has 7 nitrogen and oxygen atoms in total. The van der Waals surface area contributed by atoms with Gasteiger partial charge in [0.25, 0.3) is 0 Å². The Morgan fingerprint density at radius 3 is 2.29 bits per heavy atom. The number of ether oxygens (including phenoxy) is 1. The van der Waals surface area contributed by atoms with Crippen LogP contribution >= 0.6 is 0 Å². The van der Waals surface area contributed by atoms with Gasteiger partial charge in [0, 0.05) is 25.0 Å². The first kappa shape index (κ1) is 23.4. The van der Waals surface area contributed by atoms with Crippen LogP contribution in [0.15, 0.2) is 48.5 Å². The summed E-state index contributed by atoms with van der Waals surface area (Å²) in [5, 5.41) is 12.0. The standard InChI is InChI=1S/C28H32N2O5/c31-26(32)15-20-6-5-13-30(20)27(33)19(14-18-11-12-18)16-29-28(34)35-17-25-23-9-3-1-7-21(23)22-8-2-4-10-24(22)25/h1-4,7-10,18-20,25H,5-6,11-17H2,(H,29,34)(H,31,32)/t19?,20-/m0/s1. The van der Waals surface area contributed by atoms with Gasteiger partial charge < -0.3 is 20.1 Å². The summed E-state index contributed by atoms with van der Waals surface area (Å²) in [5.41, 5.74) is 4.66. The number of nitrogens with one attached hydrogen (secondary N) is 1. The molecule has 2 aliphatic carbocycles. The predicted octanol–water partition coefficient (Wildman–Crippen LogP) is 4.41. The molecule has 0 bridgehead atoms. The summed E-state index contributed by atoms with van der Waals surface area (Å²) in [6.07, 6.45) is 3.92. The lowest BCUT2D eigenvalue weighted by Gasteiger charge is -2.28. The third-order valence-corrected chi connectivity index (χ3v) is 7.57. The third-order valence-electron chi connectivity index (χ3n) is 7.57. The van der Waals surface area contributed by atoms with E-state index >= 15 is 0 Å². The van der Waals surface area contributed by atoms with E-state index < -0.39 is 12.1 Å². The van der Waals surface area contributed by atoms with E-state index in [4.69, 9.17) is 4.74 Å². The minimum Gasteiger partial charge on any atom is -0.481 e. The lowest BCUT2D eigenvalue weighted by Crippen LogP contribution is -2.44. The van der Waals surface area contributed by atoms with E-state index in [2.05, 4.69) is 29.6 Å². The van der Waals surface area contributed by atoms with Gasteiger partial charge >= 0.3 is 12.1 Å². The fourth-order valence-electron chi connectivity index (χ4n) is 5.66. The van der Waals surface area contributed by atoms with Gasteiger partial charge in [-0.05, 0) is 47.4 Å². The zero-order chi connectivity index (χ0) is 24.4. The molecule has 2 fully saturated rings. The van der Waals surface area contributed by atoms with Gasteiger partial charge in [-0.1, -0.05) is 61.4 Å². The molecule has 1 saturated heterocycles. The number of carbonyl (C=O) groups is 3. The quantitative estimate of drug-likeness (QED) is 0.559. The maximum absolute atomic E-state index is 13.3. The summed E-state index contributed by atoms with van der Waals surface area (Å²) < 4.78 is 5.64. The number of alkyl carbamates (subject to hydrolysis) is 1. The van der Waals surface area contributed by atoms with Gasteiger partial charge in [0.1, 0.15) is 6.61 Å². The molecule has 35 heavy (non-hydrogen) atoms.